The molecule has 0 unspecified atom stereocenters. The summed E-state index contributed by atoms with van der Waals surface area (Å²) in [6.07, 6.45) is 10.4. The van der Waals surface area contributed by atoms with Gasteiger partial charge in [0.25, 0.3) is 0 Å². The predicted molar refractivity (Wildman–Crippen MR) is 54.6 cm³/mol. The maximum atomic E-state index is 4.51. The SMILES string of the molecule is CC1(C)C=NC(C)(C)/C=C\C=C/1. The van der Waals surface area contributed by atoms with Crippen LogP contribution >= 0.6 is 0 Å². The summed E-state index contributed by atoms with van der Waals surface area (Å²) in [5.74, 6) is 0. The van der Waals surface area contributed by atoms with Crippen LogP contribution in [-0.4, -0.2) is 11.8 Å². The van der Waals surface area contributed by atoms with Gasteiger partial charge in [-0.25, -0.2) is 0 Å². The first-order valence-corrected chi connectivity index (χ1v) is 4.35. The van der Waals surface area contributed by atoms with Gasteiger partial charge in [-0.1, -0.05) is 38.2 Å². The molecule has 0 aromatic heterocycles. The van der Waals surface area contributed by atoms with Crippen molar-refractivity contribution in [1.29, 1.82) is 0 Å². The smallest absolute Gasteiger partial charge is 0.0731 e. The summed E-state index contributed by atoms with van der Waals surface area (Å²) in [5.41, 5.74) is 0.0318. The minimum absolute atomic E-state index is 0.0535. The van der Waals surface area contributed by atoms with Crippen LogP contribution < -0.4 is 0 Å². The molecule has 0 bridgehead atoms. The number of allylic oxidation sites excluding steroid dienone is 3. The molecule has 1 heterocycles. The third kappa shape index (κ3) is 2.65. The van der Waals surface area contributed by atoms with Gasteiger partial charge >= 0.3 is 0 Å². The van der Waals surface area contributed by atoms with Crippen molar-refractivity contribution in [1.82, 2.24) is 0 Å². The average molecular weight is 163 g/mol. The molecule has 1 heteroatoms. The Morgan fingerprint density at radius 3 is 2.17 bits per heavy atom. The molecular weight excluding hydrogens is 146 g/mol. The standard InChI is InChI=1S/C11H17N/c1-10(2)7-5-6-8-11(3,4)12-9-10/h5-9H,1-4H3/b7-5-,8-6-,12-9?. The Morgan fingerprint density at radius 1 is 0.917 bits per heavy atom. The number of aliphatic imine (C=N–C) groups is 1. The average Bonchev–Trinajstić information content (AvgIpc) is 1.94. The summed E-state index contributed by atoms with van der Waals surface area (Å²) in [4.78, 5) is 4.51. The maximum Gasteiger partial charge on any atom is 0.0731 e. The number of hydrogen-bond donors (Lipinski definition) is 0. The lowest BCUT2D eigenvalue weighted by Crippen LogP contribution is -2.18. The highest BCUT2D eigenvalue weighted by Crippen LogP contribution is 2.20. The molecular formula is C11H17N. The van der Waals surface area contributed by atoms with Gasteiger partial charge in [0.15, 0.2) is 0 Å². The third-order valence-electron chi connectivity index (χ3n) is 1.87. The summed E-state index contributed by atoms with van der Waals surface area (Å²) in [6.45, 7) is 8.52. The zero-order valence-electron chi connectivity index (χ0n) is 8.33. The Labute approximate surface area is 74.9 Å². The molecule has 0 saturated carbocycles. The second-order valence-electron chi connectivity index (χ2n) is 4.45. The zero-order valence-corrected chi connectivity index (χ0v) is 8.33. The van der Waals surface area contributed by atoms with Gasteiger partial charge in [0.05, 0.1) is 5.54 Å². The quantitative estimate of drug-likeness (QED) is 0.520. The van der Waals surface area contributed by atoms with E-state index >= 15 is 0 Å². The first-order chi connectivity index (χ1) is 5.41. The molecule has 0 N–H and O–H groups in total. The van der Waals surface area contributed by atoms with E-state index in [1.807, 2.05) is 6.21 Å². The lowest BCUT2D eigenvalue weighted by molar-refractivity contribution is 0.623. The topological polar surface area (TPSA) is 12.4 Å². The summed E-state index contributed by atoms with van der Waals surface area (Å²) >= 11 is 0. The molecule has 0 radical (unpaired) electrons. The highest BCUT2D eigenvalue weighted by atomic mass is 14.8. The lowest BCUT2D eigenvalue weighted by Gasteiger charge is -2.20. The van der Waals surface area contributed by atoms with E-state index in [-0.39, 0.29) is 11.0 Å². The zero-order chi connectivity index (χ0) is 9.24. The van der Waals surface area contributed by atoms with E-state index in [0.717, 1.165) is 0 Å². The van der Waals surface area contributed by atoms with E-state index in [1.165, 1.54) is 0 Å². The summed E-state index contributed by atoms with van der Waals surface area (Å²) in [7, 11) is 0. The fraction of sp³-hybridized carbons (Fsp3) is 0.545. The van der Waals surface area contributed by atoms with Crippen molar-refractivity contribution in [3.63, 3.8) is 0 Å². The Kier molecular flexibility index (Phi) is 2.22. The Balaban J connectivity index is 2.97. The third-order valence-corrected chi connectivity index (χ3v) is 1.87. The molecule has 1 rings (SSSR count). The summed E-state index contributed by atoms with van der Waals surface area (Å²) in [5, 5.41) is 0. The van der Waals surface area contributed by atoms with E-state index in [4.69, 9.17) is 0 Å². The van der Waals surface area contributed by atoms with Crippen LogP contribution in [0.5, 0.6) is 0 Å². The van der Waals surface area contributed by atoms with Crippen molar-refractivity contribution < 1.29 is 0 Å². The molecule has 66 valence electrons. The van der Waals surface area contributed by atoms with Crippen LogP contribution in [0.4, 0.5) is 0 Å². The van der Waals surface area contributed by atoms with Crippen LogP contribution in [0.1, 0.15) is 27.7 Å². The Hall–Kier alpha value is -0.850. The molecule has 0 spiro atoms. The maximum absolute atomic E-state index is 4.51. The Bertz CT molecular complexity index is 216. The molecule has 0 saturated heterocycles. The fourth-order valence-electron chi connectivity index (χ4n) is 1.01. The molecule has 1 nitrogen and oxygen atoms in total. The predicted octanol–water partition coefficient (Wildman–Crippen LogP) is 2.99. The van der Waals surface area contributed by atoms with Crippen molar-refractivity contribution in [3.05, 3.63) is 24.3 Å². The Morgan fingerprint density at radius 2 is 1.50 bits per heavy atom. The second kappa shape index (κ2) is 2.89. The van der Waals surface area contributed by atoms with Crippen molar-refractivity contribution in [3.8, 4) is 0 Å². The van der Waals surface area contributed by atoms with Crippen LogP contribution in [0.15, 0.2) is 29.3 Å². The highest BCUT2D eigenvalue weighted by Gasteiger charge is 2.16. The van der Waals surface area contributed by atoms with Gasteiger partial charge in [0.2, 0.25) is 0 Å². The molecule has 1 aliphatic heterocycles. The highest BCUT2D eigenvalue weighted by molar-refractivity contribution is 5.68. The molecule has 0 aliphatic carbocycles. The molecule has 0 fully saturated rings. The van der Waals surface area contributed by atoms with Gasteiger partial charge < -0.3 is 0 Å². The van der Waals surface area contributed by atoms with Crippen molar-refractivity contribution in [2.24, 2.45) is 10.4 Å². The van der Waals surface area contributed by atoms with Crippen molar-refractivity contribution in [2.75, 3.05) is 0 Å². The van der Waals surface area contributed by atoms with E-state index in [0.29, 0.717) is 0 Å². The molecule has 0 aromatic carbocycles. The molecule has 1 aliphatic rings. The molecule has 0 amide bonds. The van der Waals surface area contributed by atoms with E-state index in [9.17, 15) is 0 Å². The largest absolute Gasteiger partial charge is 0.286 e. The van der Waals surface area contributed by atoms with Gasteiger partial charge in [-0.05, 0) is 13.8 Å². The van der Waals surface area contributed by atoms with E-state index in [1.54, 1.807) is 0 Å². The number of nitrogens with zero attached hydrogens (tertiary/aromatic N) is 1. The van der Waals surface area contributed by atoms with Crippen LogP contribution in [0.3, 0.4) is 0 Å². The van der Waals surface area contributed by atoms with Crippen LogP contribution in [0.2, 0.25) is 0 Å². The van der Waals surface area contributed by atoms with E-state index in [2.05, 4.69) is 57.0 Å². The van der Waals surface area contributed by atoms with Gasteiger partial charge in [0.1, 0.15) is 0 Å². The normalized spacial score (nSPS) is 30.3. The molecule has 0 aromatic rings. The van der Waals surface area contributed by atoms with Gasteiger partial charge in [-0.2, -0.15) is 0 Å². The van der Waals surface area contributed by atoms with Crippen LogP contribution in [0.25, 0.3) is 0 Å². The van der Waals surface area contributed by atoms with E-state index < -0.39 is 0 Å². The number of hydrogen-bond acceptors (Lipinski definition) is 1. The first-order valence-electron chi connectivity index (χ1n) is 4.35. The minimum Gasteiger partial charge on any atom is -0.286 e. The molecule has 0 atom stereocenters. The van der Waals surface area contributed by atoms with Crippen LogP contribution in [-0.2, 0) is 0 Å². The minimum atomic E-state index is -0.0535. The number of rotatable bonds is 0. The van der Waals surface area contributed by atoms with Gasteiger partial charge in [-0.3, -0.25) is 4.99 Å². The fourth-order valence-corrected chi connectivity index (χ4v) is 1.01. The molecule has 12 heavy (non-hydrogen) atoms. The monoisotopic (exact) mass is 163 g/mol. The second-order valence-corrected chi connectivity index (χ2v) is 4.45. The summed E-state index contributed by atoms with van der Waals surface area (Å²) in [6, 6.07) is 0. The van der Waals surface area contributed by atoms with Crippen molar-refractivity contribution >= 4 is 6.21 Å². The first kappa shape index (κ1) is 9.24. The lowest BCUT2D eigenvalue weighted by atomic mass is 9.92. The van der Waals surface area contributed by atoms with Gasteiger partial charge in [-0.15, -0.1) is 0 Å². The van der Waals surface area contributed by atoms with Crippen LogP contribution in [0, 0.1) is 5.41 Å². The summed E-state index contributed by atoms with van der Waals surface area (Å²) < 4.78 is 0. The van der Waals surface area contributed by atoms with Crippen molar-refractivity contribution in [2.45, 2.75) is 33.2 Å². The van der Waals surface area contributed by atoms with Gasteiger partial charge in [0, 0.05) is 11.6 Å².